The molecule has 1 heterocycles. The molecule has 16 heavy (non-hydrogen) atoms. The largest absolute Gasteiger partial charge is 0.361 e. The van der Waals surface area contributed by atoms with Gasteiger partial charge in [-0.05, 0) is 49.0 Å². The molecule has 0 atom stereocenters. The lowest BCUT2D eigenvalue weighted by Crippen LogP contribution is -2.13. The Morgan fingerprint density at radius 2 is 2.25 bits per heavy atom. The second kappa shape index (κ2) is 5.52. The van der Waals surface area contributed by atoms with E-state index in [1.807, 2.05) is 6.20 Å². The minimum absolute atomic E-state index is 0.943. The Bertz CT molecular complexity index is 468. The summed E-state index contributed by atoms with van der Waals surface area (Å²) < 4.78 is 0. The summed E-state index contributed by atoms with van der Waals surface area (Å²) in [5.74, 6) is 0. The zero-order chi connectivity index (χ0) is 11.2. The van der Waals surface area contributed by atoms with Gasteiger partial charge < -0.3 is 10.3 Å². The summed E-state index contributed by atoms with van der Waals surface area (Å²) in [4.78, 5) is 3.20. The quantitative estimate of drug-likeness (QED) is 0.580. The lowest BCUT2D eigenvalue weighted by molar-refractivity contribution is 0.696. The Labute approximate surface area is 96.4 Å². The van der Waals surface area contributed by atoms with Crippen LogP contribution >= 0.6 is 0 Å². The molecule has 0 radical (unpaired) electrons. The maximum atomic E-state index is 3.43. The van der Waals surface area contributed by atoms with E-state index in [0.717, 1.165) is 19.5 Å². The van der Waals surface area contributed by atoms with Gasteiger partial charge in [-0.25, -0.2) is 0 Å². The van der Waals surface area contributed by atoms with Crippen molar-refractivity contribution in [3.63, 3.8) is 0 Å². The fraction of sp³-hybridized carbons (Fsp3) is 0.286. The topological polar surface area (TPSA) is 27.8 Å². The van der Waals surface area contributed by atoms with E-state index in [9.17, 15) is 0 Å². The van der Waals surface area contributed by atoms with Gasteiger partial charge >= 0.3 is 0 Å². The molecule has 84 valence electrons. The lowest BCUT2D eigenvalue weighted by atomic mass is 10.1. The molecule has 1 aromatic carbocycles. The molecule has 0 fully saturated rings. The van der Waals surface area contributed by atoms with Crippen LogP contribution in [0, 0.1) is 0 Å². The highest BCUT2D eigenvalue weighted by Gasteiger charge is 1.96. The van der Waals surface area contributed by atoms with E-state index >= 15 is 0 Å². The van der Waals surface area contributed by atoms with Gasteiger partial charge in [0.1, 0.15) is 0 Å². The van der Waals surface area contributed by atoms with Crippen LogP contribution in [0.25, 0.3) is 10.9 Å². The number of aromatic nitrogens is 1. The standard InChI is InChI=1S/C14H18N2/c1-2-3-4-8-15-11-12-5-6-14-13(10-12)7-9-16-14/h2-3,5-7,9-10,15-16H,4,8,11H2,1H3/b3-2+. The summed E-state index contributed by atoms with van der Waals surface area (Å²) in [5.41, 5.74) is 2.55. The van der Waals surface area contributed by atoms with Gasteiger partial charge in [0.25, 0.3) is 0 Å². The molecule has 0 aliphatic rings. The first-order chi connectivity index (χ1) is 7.90. The van der Waals surface area contributed by atoms with Crippen molar-refractivity contribution >= 4 is 10.9 Å². The number of fused-ring (bicyclic) bond motifs is 1. The van der Waals surface area contributed by atoms with E-state index in [1.54, 1.807) is 0 Å². The third-order valence-corrected chi connectivity index (χ3v) is 2.67. The highest BCUT2D eigenvalue weighted by atomic mass is 14.8. The monoisotopic (exact) mass is 214 g/mol. The number of benzene rings is 1. The van der Waals surface area contributed by atoms with Crippen LogP contribution in [0.2, 0.25) is 0 Å². The van der Waals surface area contributed by atoms with Crippen LogP contribution in [0.5, 0.6) is 0 Å². The van der Waals surface area contributed by atoms with Gasteiger partial charge in [0, 0.05) is 18.3 Å². The van der Waals surface area contributed by atoms with Gasteiger partial charge in [0.15, 0.2) is 0 Å². The Hall–Kier alpha value is -1.54. The summed E-state index contributed by atoms with van der Waals surface area (Å²) in [5, 5.41) is 4.72. The normalized spacial score (nSPS) is 11.6. The maximum absolute atomic E-state index is 3.43. The zero-order valence-electron chi connectivity index (χ0n) is 9.66. The van der Waals surface area contributed by atoms with Crippen molar-refractivity contribution in [3.05, 3.63) is 48.2 Å². The van der Waals surface area contributed by atoms with E-state index in [4.69, 9.17) is 0 Å². The first-order valence-corrected chi connectivity index (χ1v) is 5.78. The number of rotatable bonds is 5. The number of allylic oxidation sites excluding steroid dienone is 1. The SMILES string of the molecule is C/C=C/CCNCc1ccc2[nH]ccc2c1. The zero-order valence-corrected chi connectivity index (χ0v) is 9.66. The van der Waals surface area contributed by atoms with Crippen molar-refractivity contribution < 1.29 is 0 Å². The summed E-state index contributed by atoms with van der Waals surface area (Å²) in [6.45, 7) is 4.04. The van der Waals surface area contributed by atoms with Crippen molar-refractivity contribution in [3.8, 4) is 0 Å². The van der Waals surface area contributed by atoms with Crippen molar-refractivity contribution in [2.75, 3.05) is 6.54 Å². The molecule has 1 aromatic heterocycles. The molecule has 2 rings (SSSR count). The third kappa shape index (κ3) is 2.74. The van der Waals surface area contributed by atoms with Crippen LogP contribution < -0.4 is 5.32 Å². The summed E-state index contributed by atoms with van der Waals surface area (Å²) >= 11 is 0. The average Bonchev–Trinajstić information content (AvgIpc) is 2.76. The van der Waals surface area contributed by atoms with Gasteiger partial charge in [-0.2, -0.15) is 0 Å². The second-order valence-electron chi connectivity index (χ2n) is 3.93. The Morgan fingerprint density at radius 3 is 3.12 bits per heavy atom. The van der Waals surface area contributed by atoms with Crippen molar-refractivity contribution in [1.29, 1.82) is 0 Å². The van der Waals surface area contributed by atoms with E-state index in [1.165, 1.54) is 16.5 Å². The first-order valence-electron chi connectivity index (χ1n) is 5.78. The van der Waals surface area contributed by atoms with E-state index < -0.39 is 0 Å². The number of hydrogen-bond acceptors (Lipinski definition) is 1. The predicted molar refractivity (Wildman–Crippen MR) is 69.4 cm³/mol. The first kappa shape index (κ1) is 11.0. The van der Waals surface area contributed by atoms with Gasteiger partial charge in [-0.3, -0.25) is 0 Å². The van der Waals surface area contributed by atoms with E-state index in [0.29, 0.717) is 0 Å². The molecular weight excluding hydrogens is 196 g/mol. The smallest absolute Gasteiger partial charge is 0.0454 e. The molecule has 0 aliphatic carbocycles. The molecular formula is C14H18N2. The minimum Gasteiger partial charge on any atom is -0.361 e. The lowest BCUT2D eigenvalue weighted by Gasteiger charge is -2.03. The molecule has 0 saturated carbocycles. The predicted octanol–water partition coefficient (Wildman–Crippen LogP) is 3.22. The maximum Gasteiger partial charge on any atom is 0.0454 e. The molecule has 2 nitrogen and oxygen atoms in total. The summed E-state index contributed by atoms with van der Waals surface area (Å²) in [6.07, 6.45) is 7.35. The van der Waals surface area contributed by atoms with Crippen molar-refractivity contribution in [2.45, 2.75) is 19.9 Å². The van der Waals surface area contributed by atoms with Crippen molar-refractivity contribution in [1.82, 2.24) is 10.3 Å². The third-order valence-electron chi connectivity index (χ3n) is 2.67. The Kier molecular flexibility index (Phi) is 3.78. The molecule has 0 bridgehead atoms. The number of aromatic amines is 1. The molecule has 0 amide bonds. The van der Waals surface area contributed by atoms with E-state index in [-0.39, 0.29) is 0 Å². The minimum atomic E-state index is 0.943. The average molecular weight is 214 g/mol. The molecule has 0 saturated heterocycles. The number of hydrogen-bond donors (Lipinski definition) is 2. The van der Waals surface area contributed by atoms with Crippen LogP contribution in [0.4, 0.5) is 0 Å². The van der Waals surface area contributed by atoms with Gasteiger partial charge in [-0.1, -0.05) is 18.2 Å². The Morgan fingerprint density at radius 1 is 1.31 bits per heavy atom. The van der Waals surface area contributed by atoms with Crippen LogP contribution in [0.1, 0.15) is 18.9 Å². The summed E-state index contributed by atoms with van der Waals surface area (Å²) in [6, 6.07) is 8.65. The number of nitrogens with one attached hydrogen (secondary N) is 2. The molecule has 2 heteroatoms. The van der Waals surface area contributed by atoms with Crippen LogP contribution in [-0.2, 0) is 6.54 Å². The van der Waals surface area contributed by atoms with E-state index in [2.05, 4.69) is 53.6 Å². The highest BCUT2D eigenvalue weighted by Crippen LogP contribution is 2.13. The van der Waals surface area contributed by atoms with Gasteiger partial charge in [-0.15, -0.1) is 0 Å². The van der Waals surface area contributed by atoms with Gasteiger partial charge in [0.2, 0.25) is 0 Å². The molecule has 0 spiro atoms. The number of H-pyrrole nitrogens is 1. The van der Waals surface area contributed by atoms with Crippen LogP contribution in [-0.4, -0.2) is 11.5 Å². The second-order valence-corrected chi connectivity index (χ2v) is 3.93. The molecule has 0 aliphatic heterocycles. The molecule has 2 N–H and O–H groups in total. The molecule has 0 unspecified atom stereocenters. The fourth-order valence-corrected chi connectivity index (χ4v) is 1.80. The highest BCUT2D eigenvalue weighted by molar-refractivity contribution is 5.79. The van der Waals surface area contributed by atoms with Crippen LogP contribution in [0.3, 0.4) is 0 Å². The Balaban J connectivity index is 1.89. The van der Waals surface area contributed by atoms with Gasteiger partial charge in [0.05, 0.1) is 0 Å². The summed E-state index contributed by atoms with van der Waals surface area (Å²) in [7, 11) is 0. The fourth-order valence-electron chi connectivity index (χ4n) is 1.80. The van der Waals surface area contributed by atoms with Crippen molar-refractivity contribution in [2.24, 2.45) is 0 Å². The molecule has 2 aromatic rings. The van der Waals surface area contributed by atoms with Crippen LogP contribution in [0.15, 0.2) is 42.6 Å².